The van der Waals surface area contributed by atoms with Crippen molar-refractivity contribution in [2.75, 3.05) is 18.5 Å². The lowest BCUT2D eigenvalue weighted by Gasteiger charge is -2.27. The van der Waals surface area contributed by atoms with Gasteiger partial charge in [-0.15, -0.1) is 0 Å². The van der Waals surface area contributed by atoms with Crippen LogP contribution in [0.4, 0.5) is 5.82 Å². The molecule has 4 heteroatoms. The third kappa shape index (κ3) is 3.53. The Morgan fingerprint density at radius 1 is 1.50 bits per heavy atom. The summed E-state index contributed by atoms with van der Waals surface area (Å²) in [4.78, 5) is 16.9. The average molecular weight is 222 g/mol. The van der Waals surface area contributed by atoms with Crippen molar-refractivity contribution in [3.8, 4) is 0 Å². The van der Waals surface area contributed by atoms with E-state index in [1.54, 1.807) is 6.07 Å². The minimum absolute atomic E-state index is 0.148. The zero-order valence-electron chi connectivity index (χ0n) is 10.2. The van der Waals surface area contributed by atoms with Gasteiger partial charge in [-0.1, -0.05) is 20.8 Å². The maximum atomic E-state index is 10.8. The fraction of sp³-hybridized carbons (Fsp3) is 0.500. The van der Waals surface area contributed by atoms with Crippen molar-refractivity contribution >= 4 is 11.8 Å². The molecule has 1 aromatic heterocycles. The molecule has 0 unspecified atom stereocenters. The van der Waals surface area contributed by atoms with Gasteiger partial charge in [0, 0.05) is 19.8 Å². The second-order valence-electron chi connectivity index (χ2n) is 5.12. The number of carbonyl (C=O) groups is 1. The van der Waals surface area contributed by atoms with Crippen LogP contribution >= 0.6 is 0 Å². The summed E-state index contributed by atoms with van der Waals surface area (Å²) in [5.74, 6) is -0.234. The van der Waals surface area contributed by atoms with E-state index in [0.29, 0.717) is 5.82 Å². The summed E-state index contributed by atoms with van der Waals surface area (Å²) in [5, 5.41) is 8.88. The van der Waals surface area contributed by atoms with Crippen LogP contribution in [0.5, 0.6) is 0 Å². The summed E-state index contributed by atoms with van der Waals surface area (Å²) in [6.45, 7) is 7.21. The number of aromatic nitrogens is 1. The predicted octanol–water partition coefficient (Wildman–Crippen LogP) is 2.26. The number of carboxylic acid groups (broad SMARTS) is 1. The number of pyridine rings is 1. The third-order valence-electron chi connectivity index (χ3n) is 2.10. The Hall–Kier alpha value is -1.58. The minimum atomic E-state index is -0.923. The molecule has 4 nitrogen and oxygen atoms in total. The molecule has 0 aliphatic heterocycles. The molecule has 1 heterocycles. The maximum Gasteiger partial charge on any atom is 0.335 e. The predicted molar refractivity (Wildman–Crippen MR) is 63.9 cm³/mol. The first kappa shape index (κ1) is 12.5. The molecule has 1 aromatic rings. The molecule has 0 saturated heterocycles. The standard InChI is InChI=1S/C12H18N2O2/c1-12(2,3)8-14(4)10-7-9(11(15)16)5-6-13-10/h5-7H,8H2,1-4H3,(H,15,16). The van der Waals surface area contributed by atoms with Gasteiger partial charge in [0.25, 0.3) is 0 Å². The van der Waals surface area contributed by atoms with E-state index in [0.717, 1.165) is 6.54 Å². The first-order valence-electron chi connectivity index (χ1n) is 5.20. The summed E-state index contributed by atoms with van der Waals surface area (Å²) in [7, 11) is 1.92. The normalized spacial score (nSPS) is 11.2. The van der Waals surface area contributed by atoms with Gasteiger partial charge in [0.05, 0.1) is 5.56 Å². The van der Waals surface area contributed by atoms with Crippen molar-refractivity contribution in [2.24, 2.45) is 5.41 Å². The zero-order chi connectivity index (χ0) is 12.3. The Bertz CT molecular complexity index is 383. The number of anilines is 1. The van der Waals surface area contributed by atoms with Gasteiger partial charge in [0.2, 0.25) is 0 Å². The van der Waals surface area contributed by atoms with Crippen molar-refractivity contribution < 1.29 is 9.90 Å². The first-order valence-corrected chi connectivity index (χ1v) is 5.20. The number of nitrogens with zero attached hydrogens (tertiary/aromatic N) is 2. The molecule has 1 N–H and O–H groups in total. The van der Waals surface area contributed by atoms with Crippen LogP contribution in [0, 0.1) is 5.41 Å². The summed E-state index contributed by atoms with van der Waals surface area (Å²) < 4.78 is 0. The van der Waals surface area contributed by atoms with Crippen LogP contribution in [0.2, 0.25) is 0 Å². The number of hydrogen-bond donors (Lipinski definition) is 1. The summed E-state index contributed by atoms with van der Waals surface area (Å²) in [6, 6.07) is 3.09. The molecule has 16 heavy (non-hydrogen) atoms. The molecule has 0 aliphatic rings. The van der Waals surface area contributed by atoms with Gasteiger partial charge in [0.1, 0.15) is 5.82 Å². The van der Waals surface area contributed by atoms with Gasteiger partial charge in [-0.05, 0) is 17.5 Å². The average Bonchev–Trinajstić information content (AvgIpc) is 2.15. The minimum Gasteiger partial charge on any atom is -0.478 e. The Morgan fingerprint density at radius 2 is 2.12 bits per heavy atom. The van der Waals surface area contributed by atoms with E-state index < -0.39 is 5.97 Å². The summed E-state index contributed by atoms with van der Waals surface area (Å²) in [6.07, 6.45) is 1.53. The molecule has 0 fully saturated rings. The zero-order valence-corrected chi connectivity index (χ0v) is 10.2. The van der Waals surface area contributed by atoms with E-state index in [4.69, 9.17) is 5.11 Å². The molecule has 0 aromatic carbocycles. The van der Waals surface area contributed by atoms with Gasteiger partial charge in [0.15, 0.2) is 0 Å². The number of aromatic carboxylic acids is 1. The molecule has 0 spiro atoms. The van der Waals surface area contributed by atoms with E-state index in [2.05, 4.69) is 25.8 Å². The quantitative estimate of drug-likeness (QED) is 0.852. The second kappa shape index (κ2) is 4.51. The van der Waals surface area contributed by atoms with Gasteiger partial charge < -0.3 is 10.0 Å². The van der Waals surface area contributed by atoms with Gasteiger partial charge in [-0.2, -0.15) is 0 Å². The van der Waals surface area contributed by atoms with Crippen LogP contribution in [0.3, 0.4) is 0 Å². The van der Waals surface area contributed by atoms with E-state index in [9.17, 15) is 4.79 Å². The Morgan fingerprint density at radius 3 is 2.62 bits per heavy atom. The van der Waals surface area contributed by atoms with Crippen molar-refractivity contribution in [1.82, 2.24) is 4.98 Å². The third-order valence-corrected chi connectivity index (χ3v) is 2.10. The molecule has 0 aliphatic carbocycles. The number of carboxylic acids is 1. The van der Waals surface area contributed by atoms with Crippen LogP contribution in [0.1, 0.15) is 31.1 Å². The monoisotopic (exact) mass is 222 g/mol. The molecule has 0 radical (unpaired) electrons. The van der Waals surface area contributed by atoms with Crippen LogP contribution in [-0.4, -0.2) is 29.7 Å². The van der Waals surface area contributed by atoms with E-state index in [-0.39, 0.29) is 11.0 Å². The van der Waals surface area contributed by atoms with Crippen LogP contribution in [0.25, 0.3) is 0 Å². The molecule has 0 saturated carbocycles. The van der Waals surface area contributed by atoms with Gasteiger partial charge in [-0.25, -0.2) is 9.78 Å². The maximum absolute atomic E-state index is 10.8. The summed E-state index contributed by atoms with van der Waals surface area (Å²) >= 11 is 0. The first-order chi connectivity index (χ1) is 7.29. The molecule has 1 rings (SSSR count). The number of hydrogen-bond acceptors (Lipinski definition) is 3. The Kier molecular flexibility index (Phi) is 3.52. The highest BCUT2D eigenvalue weighted by Gasteiger charge is 2.15. The van der Waals surface area contributed by atoms with Crippen molar-refractivity contribution in [3.63, 3.8) is 0 Å². The van der Waals surface area contributed by atoms with Crippen molar-refractivity contribution in [3.05, 3.63) is 23.9 Å². The molecular weight excluding hydrogens is 204 g/mol. The molecular formula is C12H18N2O2. The molecule has 0 amide bonds. The topological polar surface area (TPSA) is 53.4 Å². The van der Waals surface area contributed by atoms with Gasteiger partial charge >= 0.3 is 5.97 Å². The van der Waals surface area contributed by atoms with Crippen LogP contribution in [0.15, 0.2) is 18.3 Å². The van der Waals surface area contributed by atoms with Crippen LogP contribution < -0.4 is 4.90 Å². The van der Waals surface area contributed by atoms with Crippen molar-refractivity contribution in [2.45, 2.75) is 20.8 Å². The fourth-order valence-corrected chi connectivity index (χ4v) is 1.55. The lowest BCUT2D eigenvalue weighted by Crippen LogP contribution is -2.29. The lowest BCUT2D eigenvalue weighted by atomic mass is 9.96. The number of rotatable bonds is 3. The Balaban J connectivity index is 2.87. The fourth-order valence-electron chi connectivity index (χ4n) is 1.55. The Labute approximate surface area is 95.9 Å². The highest BCUT2D eigenvalue weighted by atomic mass is 16.4. The summed E-state index contributed by atoms with van der Waals surface area (Å²) in [5.41, 5.74) is 0.418. The van der Waals surface area contributed by atoms with Gasteiger partial charge in [-0.3, -0.25) is 0 Å². The SMILES string of the molecule is CN(CC(C)(C)C)c1cc(C(=O)O)ccn1. The molecule has 88 valence electrons. The van der Waals surface area contributed by atoms with E-state index in [1.807, 2.05) is 11.9 Å². The van der Waals surface area contributed by atoms with E-state index in [1.165, 1.54) is 12.3 Å². The van der Waals surface area contributed by atoms with Crippen LogP contribution in [-0.2, 0) is 0 Å². The molecule has 0 atom stereocenters. The highest BCUT2D eigenvalue weighted by molar-refractivity contribution is 5.88. The van der Waals surface area contributed by atoms with Crippen molar-refractivity contribution in [1.29, 1.82) is 0 Å². The molecule has 0 bridgehead atoms. The second-order valence-corrected chi connectivity index (χ2v) is 5.12. The smallest absolute Gasteiger partial charge is 0.335 e. The highest BCUT2D eigenvalue weighted by Crippen LogP contribution is 2.19. The largest absolute Gasteiger partial charge is 0.478 e. The van der Waals surface area contributed by atoms with E-state index >= 15 is 0 Å². The lowest BCUT2D eigenvalue weighted by molar-refractivity contribution is 0.0697.